The molecule has 0 saturated heterocycles. The normalized spacial score (nSPS) is 11.5. The maximum absolute atomic E-state index is 9.64. The van der Waals surface area contributed by atoms with Gasteiger partial charge in [0.15, 0.2) is 0 Å². The minimum atomic E-state index is 0.653. The summed E-state index contributed by atoms with van der Waals surface area (Å²) in [5.74, 6) is 0. The second-order valence-corrected chi connectivity index (χ2v) is 27.9. The van der Waals surface area contributed by atoms with Crippen molar-refractivity contribution in [3.05, 3.63) is 387 Å². The molecule has 0 fully saturated rings. The molecule has 0 saturated carbocycles. The molecule has 0 spiro atoms. The highest BCUT2D eigenvalue weighted by Crippen LogP contribution is 2.56. The number of hydrogen-bond acceptors (Lipinski definition) is 4. The lowest BCUT2D eigenvalue weighted by Gasteiger charge is -2.21. The van der Waals surface area contributed by atoms with Gasteiger partial charge in [0, 0.05) is 22.3 Å². The molecule has 498 valence electrons. The fourth-order valence-electron chi connectivity index (χ4n) is 17.0. The molecule has 108 heavy (non-hydrogen) atoms. The average Bonchev–Trinajstić information content (AvgIpc) is 1.41. The lowest BCUT2D eigenvalue weighted by atomic mass is 9.83. The van der Waals surface area contributed by atoms with Crippen LogP contribution in [0.3, 0.4) is 0 Å². The quantitative estimate of drug-likeness (QED) is 0.128. The van der Waals surface area contributed by atoms with Crippen molar-refractivity contribution in [1.82, 2.24) is 9.97 Å². The fraction of sp³-hybridized carbons (Fsp3) is 0. The Morgan fingerprint density at radius 3 is 0.861 bits per heavy atom. The number of nitriles is 2. The molecule has 17 aromatic carbocycles. The fourth-order valence-corrected chi connectivity index (χ4v) is 17.0. The van der Waals surface area contributed by atoms with Crippen LogP contribution in [0.25, 0.3) is 210 Å². The summed E-state index contributed by atoms with van der Waals surface area (Å²) >= 11 is 0. The molecule has 2 aliphatic carbocycles. The van der Waals surface area contributed by atoms with E-state index in [4.69, 9.17) is 9.97 Å². The van der Waals surface area contributed by atoms with Crippen molar-refractivity contribution in [3.63, 3.8) is 0 Å². The van der Waals surface area contributed by atoms with Gasteiger partial charge in [-0.15, -0.1) is 0 Å². The lowest BCUT2D eigenvalue weighted by molar-refractivity contribution is 1.32. The first kappa shape index (κ1) is 63.0. The summed E-state index contributed by atoms with van der Waals surface area (Å²) in [7, 11) is 0. The van der Waals surface area contributed by atoms with Gasteiger partial charge in [0.1, 0.15) is 0 Å². The van der Waals surface area contributed by atoms with Crippen LogP contribution in [0.5, 0.6) is 0 Å². The highest BCUT2D eigenvalue weighted by molar-refractivity contribution is 6.29. The Kier molecular flexibility index (Phi) is 15.3. The molecule has 2 heterocycles. The number of fused-ring (bicyclic) bond motifs is 9. The average molecular weight is 1370 g/mol. The molecular weight excluding hydrogens is 1310 g/mol. The molecular formula is C104H62N4. The van der Waals surface area contributed by atoms with Gasteiger partial charge in [-0.05, 0) is 214 Å². The van der Waals surface area contributed by atoms with E-state index in [0.29, 0.717) is 11.1 Å². The molecule has 0 amide bonds. The molecule has 0 aliphatic heterocycles. The van der Waals surface area contributed by atoms with Crippen molar-refractivity contribution in [2.45, 2.75) is 0 Å². The van der Waals surface area contributed by atoms with Crippen LogP contribution >= 0.6 is 0 Å². The minimum Gasteiger partial charge on any atom is -0.248 e. The van der Waals surface area contributed by atoms with Crippen LogP contribution in [0.1, 0.15) is 11.1 Å². The largest absolute Gasteiger partial charge is 0.248 e. The Morgan fingerprint density at radius 1 is 0.167 bits per heavy atom. The summed E-state index contributed by atoms with van der Waals surface area (Å²) in [6, 6.07) is 138. The molecule has 4 heteroatoms. The number of nitrogens with zero attached hydrogens (tertiary/aromatic N) is 4. The van der Waals surface area contributed by atoms with Gasteiger partial charge in [-0.2, -0.15) is 10.5 Å². The van der Waals surface area contributed by atoms with Crippen LogP contribution in [-0.4, -0.2) is 9.97 Å². The van der Waals surface area contributed by atoms with E-state index in [1.807, 2.05) is 36.4 Å². The van der Waals surface area contributed by atoms with Crippen molar-refractivity contribution < 1.29 is 0 Å². The minimum absolute atomic E-state index is 0.653. The third-order valence-corrected chi connectivity index (χ3v) is 21.9. The Bertz CT molecular complexity index is 6720. The molecule has 0 bridgehead atoms. The summed E-state index contributed by atoms with van der Waals surface area (Å²) in [6.07, 6.45) is 0. The van der Waals surface area contributed by atoms with Crippen LogP contribution in [0.4, 0.5) is 0 Å². The molecule has 0 radical (unpaired) electrons. The zero-order valence-electron chi connectivity index (χ0n) is 58.6. The summed E-state index contributed by atoms with van der Waals surface area (Å²) in [5, 5.41) is 31.2. The number of rotatable bonds is 10. The van der Waals surface area contributed by atoms with Crippen LogP contribution in [-0.2, 0) is 0 Å². The van der Waals surface area contributed by atoms with Gasteiger partial charge < -0.3 is 0 Å². The monoisotopic (exact) mass is 1370 g/mol. The summed E-state index contributed by atoms with van der Waals surface area (Å²) < 4.78 is 0. The summed E-state index contributed by atoms with van der Waals surface area (Å²) in [6.45, 7) is 0. The van der Waals surface area contributed by atoms with Crippen LogP contribution in [0, 0.1) is 22.7 Å². The lowest BCUT2D eigenvalue weighted by Crippen LogP contribution is -1.96. The van der Waals surface area contributed by atoms with Crippen LogP contribution in [0.15, 0.2) is 376 Å². The van der Waals surface area contributed by atoms with Gasteiger partial charge in [0.05, 0.1) is 46.0 Å². The van der Waals surface area contributed by atoms with E-state index < -0.39 is 0 Å². The SMILES string of the molecule is N#Cc1ccc(-c2ccc3c4c(ccc(-c5c6ccccc6c(-c6cc(-c7ccccc7)cc(-c7ccccc7)n6)c6ccccc56)c24)-c2ccccc2-3)cc1.N#Cc1ccc(-c2ccc3c4c(ccc(-c5ccc(-c6cc(-c7ccccc7)nc(-c7ccccc7)c6)c6ccccc56)c24)-c2ccccc2-3)cc1. The number of benzene rings is 17. The molecule has 0 atom stereocenters. The van der Waals surface area contributed by atoms with Gasteiger partial charge in [0.2, 0.25) is 0 Å². The predicted molar refractivity (Wildman–Crippen MR) is 449 cm³/mol. The smallest absolute Gasteiger partial charge is 0.0991 e. The summed E-state index contributed by atoms with van der Waals surface area (Å²) in [5.41, 5.74) is 33.4. The van der Waals surface area contributed by atoms with E-state index in [2.05, 4.69) is 352 Å². The van der Waals surface area contributed by atoms with Crippen molar-refractivity contribution >= 4 is 53.9 Å². The van der Waals surface area contributed by atoms with Gasteiger partial charge in [-0.25, -0.2) is 9.97 Å². The van der Waals surface area contributed by atoms with Crippen molar-refractivity contribution in [1.29, 1.82) is 10.5 Å². The van der Waals surface area contributed by atoms with E-state index in [-0.39, 0.29) is 0 Å². The Balaban J connectivity index is 0.000000143. The van der Waals surface area contributed by atoms with Crippen LogP contribution in [0.2, 0.25) is 0 Å². The molecule has 4 nitrogen and oxygen atoms in total. The van der Waals surface area contributed by atoms with E-state index in [1.54, 1.807) is 0 Å². The number of pyridine rings is 2. The van der Waals surface area contributed by atoms with E-state index in [1.165, 1.54) is 115 Å². The molecule has 19 aromatic rings. The second kappa shape index (κ2) is 26.2. The number of hydrogen-bond donors (Lipinski definition) is 0. The predicted octanol–water partition coefficient (Wildman–Crippen LogP) is 27.6. The van der Waals surface area contributed by atoms with Gasteiger partial charge in [-0.1, -0.05) is 328 Å². The molecule has 2 aliphatic rings. The first-order valence-electron chi connectivity index (χ1n) is 36.6. The standard InChI is InChI=1S/C54H32N2.C50H30N2/c55-33-34-23-25-36(26-24-34)39-27-28-46-40-17-7-8-18-41(40)47-29-30-48(53(39)54(46)47)51-42-19-9-11-21-44(42)52(45-22-12-10-20-43(45)51)50-32-38(35-13-3-1-4-14-35)31-49(56-50)37-15-5-2-6-16-37;51-31-32-19-21-33(22-20-32)38-24-26-44-41-17-9-10-18-42(41)45-27-28-46(49(38)50(44)45)43-25-23-37(39-15-7-8-16-40(39)43)36-29-47(34-11-3-1-4-12-34)52-48(30-36)35-13-5-2-6-14-35/h1-32H;1-30H. The molecule has 2 aromatic heterocycles. The van der Waals surface area contributed by atoms with Gasteiger partial charge in [-0.3, -0.25) is 0 Å². The van der Waals surface area contributed by atoms with E-state index in [9.17, 15) is 10.5 Å². The maximum atomic E-state index is 9.64. The highest BCUT2D eigenvalue weighted by Gasteiger charge is 2.29. The zero-order valence-corrected chi connectivity index (χ0v) is 58.6. The van der Waals surface area contributed by atoms with Gasteiger partial charge >= 0.3 is 0 Å². The zero-order chi connectivity index (χ0) is 71.8. The topological polar surface area (TPSA) is 73.4 Å². The van der Waals surface area contributed by atoms with E-state index >= 15 is 0 Å². The van der Waals surface area contributed by atoms with Crippen molar-refractivity contribution in [2.75, 3.05) is 0 Å². The second-order valence-electron chi connectivity index (χ2n) is 27.9. The first-order chi connectivity index (χ1) is 53.5. The van der Waals surface area contributed by atoms with E-state index in [0.717, 1.165) is 94.7 Å². The number of aromatic nitrogens is 2. The third-order valence-electron chi connectivity index (χ3n) is 21.9. The van der Waals surface area contributed by atoms with Crippen molar-refractivity contribution in [3.8, 4) is 168 Å². The Labute approximate surface area is 626 Å². The molecule has 0 N–H and O–H groups in total. The highest BCUT2D eigenvalue weighted by atomic mass is 14.7. The molecule has 21 rings (SSSR count). The van der Waals surface area contributed by atoms with Crippen molar-refractivity contribution in [2.24, 2.45) is 0 Å². The first-order valence-corrected chi connectivity index (χ1v) is 36.6. The maximum Gasteiger partial charge on any atom is 0.0991 e. The van der Waals surface area contributed by atoms with Gasteiger partial charge in [0.25, 0.3) is 0 Å². The molecule has 0 unspecified atom stereocenters. The third kappa shape index (κ3) is 10.6. The Hall–Kier alpha value is -14.7. The van der Waals surface area contributed by atoms with Crippen LogP contribution < -0.4 is 0 Å². The summed E-state index contributed by atoms with van der Waals surface area (Å²) in [4.78, 5) is 10.6. The Morgan fingerprint density at radius 2 is 0.444 bits per heavy atom.